The Hall–Kier alpha value is -1.96. The van der Waals surface area contributed by atoms with Gasteiger partial charge < -0.3 is 30.6 Å². The van der Waals surface area contributed by atoms with E-state index in [1.165, 1.54) is 12.8 Å². The van der Waals surface area contributed by atoms with Crippen LogP contribution in [0.15, 0.2) is 42.5 Å². The Bertz CT molecular complexity index is 1060. The number of nitrogen functional groups attached to an aromatic ring is 1. The number of hydroxylamine groups is 1. The van der Waals surface area contributed by atoms with Gasteiger partial charge in [0.05, 0.1) is 25.0 Å². The minimum absolute atomic E-state index is 0. The topological polar surface area (TPSA) is 115 Å². The summed E-state index contributed by atoms with van der Waals surface area (Å²) in [6, 6.07) is 12.9. The number of nitrogens with one attached hydrogen (secondary N) is 1. The second-order valence-corrected chi connectivity index (χ2v) is 10.6. The van der Waals surface area contributed by atoms with Gasteiger partial charge in [-0.05, 0) is 74.6 Å². The van der Waals surface area contributed by atoms with E-state index in [0.717, 1.165) is 69.7 Å². The predicted octanol–water partition coefficient (Wildman–Crippen LogP) is 4.68. The summed E-state index contributed by atoms with van der Waals surface area (Å²) in [6.45, 7) is 4.09. The summed E-state index contributed by atoms with van der Waals surface area (Å²) in [6.07, 6.45) is 7.93. The van der Waals surface area contributed by atoms with E-state index in [1.54, 1.807) is 18.2 Å². The van der Waals surface area contributed by atoms with Crippen molar-refractivity contribution in [1.29, 1.82) is 5.41 Å². The minimum atomic E-state index is -0.279. The van der Waals surface area contributed by atoms with E-state index in [-0.39, 0.29) is 38.8 Å². The first-order valence-corrected chi connectivity index (χ1v) is 13.6. The molecule has 0 radical (unpaired) electrons. The Labute approximate surface area is 239 Å². The third-order valence-electron chi connectivity index (χ3n) is 8.08. The number of ether oxygens (including phenoxy) is 2. The molecule has 2 aromatic carbocycles. The van der Waals surface area contributed by atoms with Crippen molar-refractivity contribution < 1.29 is 40.5 Å². The van der Waals surface area contributed by atoms with E-state index in [1.807, 2.05) is 24.3 Å². The van der Waals surface area contributed by atoms with Crippen LogP contribution in [0, 0.1) is 5.41 Å². The zero-order chi connectivity index (χ0) is 25.7. The van der Waals surface area contributed by atoms with Crippen LogP contribution < -0.4 is 15.3 Å². The first kappa shape index (κ1) is 29.0. The van der Waals surface area contributed by atoms with Crippen LogP contribution in [0.5, 0.6) is 11.5 Å². The van der Waals surface area contributed by atoms with Gasteiger partial charge in [0.25, 0.3) is 0 Å². The summed E-state index contributed by atoms with van der Waals surface area (Å²) in [5, 5.41) is 18.7. The summed E-state index contributed by atoms with van der Waals surface area (Å²) in [5.74, 6) is 1.33. The number of anilines is 1. The predicted molar refractivity (Wildman–Crippen MR) is 145 cm³/mol. The van der Waals surface area contributed by atoms with Crippen molar-refractivity contribution in [3.63, 3.8) is 0 Å². The van der Waals surface area contributed by atoms with Crippen molar-refractivity contribution in [2.45, 2.75) is 69.1 Å². The number of rotatable bonds is 9. The van der Waals surface area contributed by atoms with Gasteiger partial charge in [0.1, 0.15) is 17.6 Å². The van der Waals surface area contributed by atoms with Gasteiger partial charge in [-0.15, -0.1) is 6.54 Å². The van der Waals surface area contributed by atoms with Gasteiger partial charge in [0.2, 0.25) is 0 Å². The number of hydrogen-bond donors (Lipinski definition) is 3. The monoisotopic (exact) mass is 691 g/mol. The largest absolute Gasteiger partial charge is 0.587 e. The molecule has 2 atom stereocenters. The number of nitrogens with two attached hydrogens (primary N) is 1. The molecule has 0 amide bonds. The third-order valence-corrected chi connectivity index (χ3v) is 8.08. The summed E-state index contributed by atoms with van der Waals surface area (Å²) >= 11 is 0. The molecule has 2 saturated carbocycles. The van der Waals surface area contributed by atoms with Crippen molar-refractivity contribution in [1.82, 2.24) is 4.90 Å². The average Bonchev–Trinajstić information content (AvgIpc) is 3.40. The zero-order valence-electron chi connectivity index (χ0n) is 21.9. The molecule has 0 spiro atoms. The molecule has 0 bridgehead atoms. The molecule has 2 aliphatic carbocycles. The molecule has 2 aromatic rings. The first-order valence-electron chi connectivity index (χ1n) is 13.6. The van der Waals surface area contributed by atoms with Crippen molar-refractivity contribution >= 4 is 11.4 Å². The van der Waals surface area contributed by atoms with Crippen LogP contribution in [0.1, 0.15) is 62.5 Å². The minimum Gasteiger partial charge on any atom is -0.587 e. The number of aliphatic hydroxyl groups is 1. The molecule has 3 aliphatic rings. The van der Waals surface area contributed by atoms with Gasteiger partial charge >= 0.3 is 0 Å². The molecule has 3 fully saturated rings. The molecule has 1 aliphatic heterocycles. The number of morpholine rings is 1. The normalized spacial score (nSPS) is 23.4. The van der Waals surface area contributed by atoms with Gasteiger partial charge in [0.15, 0.2) is 0 Å². The van der Waals surface area contributed by atoms with Gasteiger partial charge in [-0.1, -0.05) is 12.8 Å². The Morgan fingerprint density at radius 2 is 1.76 bits per heavy atom. The van der Waals surface area contributed by atoms with Gasteiger partial charge in [-0.25, -0.2) is 0 Å². The van der Waals surface area contributed by atoms with Crippen molar-refractivity contribution in [2.24, 2.45) is 0 Å². The maximum Gasteiger partial charge on any atom is 0.119 e. The van der Waals surface area contributed by atoms with E-state index in [2.05, 4.69) is 10.4 Å². The first-order chi connectivity index (χ1) is 18.0. The van der Waals surface area contributed by atoms with E-state index in [9.17, 15) is 5.11 Å². The fraction of sp³-hybridized carbons (Fsp3) is 0.552. The van der Waals surface area contributed by atoms with Crippen LogP contribution in [0.4, 0.5) is 5.69 Å². The van der Waals surface area contributed by atoms with Gasteiger partial charge in [-0.3, -0.25) is 10.3 Å². The maximum absolute atomic E-state index is 9.89. The molecule has 38 heavy (non-hydrogen) atoms. The summed E-state index contributed by atoms with van der Waals surface area (Å²) in [4.78, 5) is 8.38. The molecule has 4 N–H and O–H groups in total. The molecule has 2 unspecified atom stereocenters. The molecule has 5 rings (SSSR count). The molecule has 206 valence electrons. The van der Waals surface area contributed by atoms with E-state index < -0.39 is 0 Å². The van der Waals surface area contributed by atoms with Crippen LogP contribution in [-0.4, -0.2) is 66.3 Å². The number of aliphatic hydroxyl groups excluding tert-OH is 1. The number of benzene rings is 2. The molecular formula is C29H39N4O4W-. The Morgan fingerprint density at radius 3 is 2.47 bits per heavy atom. The van der Waals surface area contributed by atoms with Crippen LogP contribution >= 0.6 is 0 Å². The molecular weight excluding hydrogens is 652 g/mol. The molecule has 1 heterocycles. The zero-order valence-corrected chi connectivity index (χ0v) is 24.9. The second kappa shape index (κ2) is 13.4. The van der Waals surface area contributed by atoms with Gasteiger partial charge in [-0.2, -0.15) is 0 Å². The third kappa shape index (κ3) is 6.96. The van der Waals surface area contributed by atoms with E-state index in [0.29, 0.717) is 35.7 Å². The van der Waals surface area contributed by atoms with Crippen LogP contribution in [0.3, 0.4) is 0 Å². The Morgan fingerprint density at radius 1 is 1.05 bits per heavy atom. The fourth-order valence-corrected chi connectivity index (χ4v) is 5.96. The van der Waals surface area contributed by atoms with E-state index >= 15 is 0 Å². The quantitative estimate of drug-likeness (QED) is 0.200. The standard InChI is InChI=1S/C29H39N4O4.W/c30-27-11-10-25(37-32-20-29(12-1-2-13-29)33-14-16-35-17-15-33)19-26(27)28(31)21-6-8-23(9-7-21)36-24-5-3-4-22(34)18-24;/h6-11,19,22,24,31,34H,1-5,12-18,20,30H2;/q-1;. The second-order valence-electron chi connectivity index (χ2n) is 10.6. The summed E-state index contributed by atoms with van der Waals surface area (Å²) in [5.41, 5.74) is 13.0. The maximum atomic E-state index is 9.89. The average molecular weight is 691 g/mol. The van der Waals surface area contributed by atoms with Crippen molar-refractivity contribution in [3.05, 3.63) is 59.1 Å². The summed E-state index contributed by atoms with van der Waals surface area (Å²) in [7, 11) is 0. The molecule has 9 heteroatoms. The van der Waals surface area contributed by atoms with Crippen LogP contribution in [0.2, 0.25) is 0 Å². The molecule has 1 saturated heterocycles. The van der Waals surface area contributed by atoms with Gasteiger partial charge in [0, 0.05) is 62.9 Å². The summed E-state index contributed by atoms with van der Waals surface area (Å²) < 4.78 is 11.6. The molecule has 0 aromatic heterocycles. The van der Waals surface area contributed by atoms with Crippen LogP contribution in [-0.2, 0) is 25.8 Å². The van der Waals surface area contributed by atoms with E-state index in [4.69, 9.17) is 25.5 Å². The number of nitrogens with zero attached hydrogens (tertiary/aromatic N) is 2. The van der Waals surface area contributed by atoms with Crippen LogP contribution in [0.25, 0.3) is 5.48 Å². The number of hydrogen-bond acceptors (Lipinski definition) is 7. The fourth-order valence-electron chi connectivity index (χ4n) is 5.96. The van der Waals surface area contributed by atoms with Crippen molar-refractivity contribution in [3.8, 4) is 11.5 Å². The van der Waals surface area contributed by atoms with Crippen molar-refractivity contribution in [2.75, 3.05) is 38.6 Å². The molecule has 8 nitrogen and oxygen atoms in total. The Kier molecular flexibility index (Phi) is 10.2. The Balaban J connectivity index is 0.00000336. The SMILES string of the molecule is N=C(c1ccc(OC2CCCC(O)C2)cc1)c1cc(O[N-]CC2(N3CCOCC3)CCCC2)ccc1N.[W]. The smallest absolute Gasteiger partial charge is 0.119 e.